The monoisotopic (exact) mass is 261 g/mol. The second-order valence-electron chi connectivity index (χ2n) is 5.79. The maximum Gasteiger partial charge on any atom is 0.238 e. The first-order chi connectivity index (χ1) is 9.01. The molecular formula is C15H23N3O. The Morgan fingerprint density at radius 1 is 1.47 bits per heavy atom. The van der Waals surface area contributed by atoms with E-state index in [2.05, 4.69) is 24.1 Å². The number of benzene rings is 1. The largest absolute Gasteiger partial charge is 0.326 e. The van der Waals surface area contributed by atoms with Gasteiger partial charge in [-0.2, -0.15) is 0 Å². The summed E-state index contributed by atoms with van der Waals surface area (Å²) >= 11 is 0. The van der Waals surface area contributed by atoms with Crippen LogP contribution in [0.4, 0.5) is 5.69 Å². The fraction of sp³-hybridized carbons (Fsp3) is 0.533. The maximum absolute atomic E-state index is 12.1. The van der Waals surface area contributed by atoms with Gasteiger partial charge in [0, 0.05) is 17.8 Å². The van der Waals surface area contributed by atoms with Crippen molar-refractivity contribution in [3.8, 4) is 0 Å². The summed E-state index contributed by atoms with van der Waals surface area (Å²) in [5, 5.41) is 2.95. The average molecular weight is 261 g/mol. The van der Waals surface area contributed by atoms with E-state index in [4.69, 9.17) is 5.73 Å². The van der Waals surface area contributed by atoms with Gasteiger partial charge in [0.15, 0.2) is 0 Å². The van der Waals surface area contributed by atoms with Gasteiger partial charge in [0.05, 0.1) is 6.54 Å². The standard InChI is InChI=1S/C15H23N3O/c1-15(2)7-4-8-18(15)11-14(19)17-13-6-3-5-12(9-13)10-16/h3,5-6,9H,4,7-8,10-11,16H2,1-2H3,(H,17,19). The molecule has 4 heteroatoms. The van der Waals surface area contributed by atoms with Crippen molar-refractivity contribution in [3.05, 3.63) is 29.8 Å². The van der Waals surface area contributed by atoms with Crippen LogP contribution < -0.4 is 11.1 Å². The molecule has 0 aliphatic carbocycles. The highest BCUT2D eigenvalue weighted by molar-refractivity contribution is 5.92. The summed E-state index contributed by atoms with van der Waals surface area (Å²) in [6.07, 6.45) is 2.33. The first-order valence-electron chi connectivity index (χ1n) is 6.85. The van der Waals surface area contributed by atoms with Gasteiger partial charge in [0.25, 0.3) is 0 Å². The molecule has 19 heavy (non-hydrogen) atoms. The highest BCUT2D eigenvalue weighted by Crippen LogP contribution is 2.27. The third kappa shape index (κ3) is 3.55. The molecule has 1 fully saturated rings. The molecular weight excluding hydrogens is 238 g/mol. The number of hydrogen-bond acceptors (Lipinski definition) is 3. The normalized spacial score (nSPS) is 18.5. The van der Waals surface area contributed by atoms with Crippen molar-refractivity contribution >= 4 is 11.6 Å². The minimum Gasteiger partial charge on any atom is -0.326 e. The minimum atomic E-state index is 0.0455. The Kier molecular flexibility index (Phi) is 4.22. The van der Waals surface area contributed by atoms with Crippen molar-refractivity contribution in [2.24, 2.45) is 5.73 Å². The summed E-state index contributed by atoms with van der Waals surface area (Å²) in [5.74, 6) is 0.0455. The van der Waals surface area contributed by atoms with Crippen molar-refractivity contribution in [1.82, 2.24) is 4.90 Å². The van der Waals surface area contributed by atoms with Crippen LogP contribution >= 0.6 is 0 Å². The number of amides is 1. The third-order valence-corrected chi connectivity index (χ3v) is 3.85. The molecule has 0 spiro atoms. The van der Waals surface area contributed by atoms with Gasteiger partial charge in [0.1, 0.15) is 0 Å². The van der Waals surface area contributed by atoms with Gasteiger partial charge < -0.3 is 11.1 Å². The van der Waals surface area contributed by atoms with Gasteiger partial charge in [-0.1, -0.05) is 12.1 Å². The Morgan fingerprint density at radius 3 is 2.89 bits per heavy atom. The van der Waals surface area contributed by atoms with Crippen LogP contribution in [-0.4, -0.2) is 29.4 Å². The highest BCUT2D eigenvalue weighted by Gasteiger charge is 2.32. The first-order valence-corrected chi connectivity index (χ1v) is 6.85. The fourth-order valence-corrected chi connectivity index (χ4v) is 2.61. The smallest absolute Gasteiger partial charge is 0.238 e. The molecule has 1 amide bonds. The molecule has 4 nitrogen and oxygen atoms in total. The Labute approximate surface area is 115 Å². The molecule has 3 N–H and O–H groups in total. The summed E-state index contributed by atoms with van der Waals surface area (Å²) in [7, 11) is 0. The number of carbonyl (C=O) groups excluding carboxylic acids is 1. The van der Waals surface area contributed by atoms with Gasteiger partial charge in [-0.25, -0.2) is 0 Å². The summed E-state index contributed by atoms with van der Waals surface area (Å²) < 4.78 is 0. The zero-order valence-corrected chi connectivity index (χ0v) is 11.8. The van der Waals surface area contributed by atoms with Crippen LogP contribution in [0.3, 0.4) is 0 Å². The molecule has 0 saturated carbocycles. The summed E-state index contributed by atoms with van der Waals surface area (Å²) in [6.45, 7) is 6.34. The number of hydrogen-bond donors (Lipinski definition) is 2. The average Bonchev–Trinajstić information content (AvgIpc) is 2.69. The van der Waals surface area contributed by atoms with Gasteiger partial charge in [-0.3, -0.25) is 9.69 Å². The molecule has 2 rings (SSSR count). The van der Waals surface area contributed by atoms with Gasteiger partial charge in [-0.05, 0) is 50.9 Å². The molecule has 1 aromatic carbocycles. The van der Waals surface area contributed by atoms with E-state index < -0.39 is 0 Å². The summed E-state index contributed by atoms with van der Waals surface area (Å²) in [6, 6.07) is 7.69. The molecule has 104 valence electrons. The van der Waals surface area contributed by atoms with Crippen molar-refractivity contribution < 1.29 is 4.79 Å². The Bertz CT molecular complexity index is 456. The van der Waals surface area contributed by atoms with Crippen molar-refractivity contribution in [2.75, 3.05) is 18.4 Å². The molecule has 1 aliphatic rings. The van der Waals surface area contributed by atoms with Crippen LogP contribution in [0.15, 0.2) is 24.3 Å². The van der Waals surface area contributed by atoms with Crippen molar-refractivity contribution in [3.63, 3.8) is 0 Å². The van der Waals surface area contributed by atoms with E-state index in [-0.39, 0.29) is 11.4 Å². The lowest BCUT2D eigenvalue weighted by atomic mass is 10.0. The quantitative estimate of drug-likeness (QED) is 0.871. The number of likely N-dealkylation sites (tertiary alicyclic amines) is 1. The Balaban J connectivity index is 1.94. The number of anilines is 1. The molecule has 1 saturated heterocycles. The fourth-order valence-electron chi connectivity index (χ4n) is 2.61. The lowest BCUT2D eigenvalue weighted by Crippen LogP contribution is -2.42. The lowest BCUT2D eigenvalue weighted by Gasteiger charge is -2.30. The predicted octanol–water partition coefficient (Wildman–Crippen LogP) is 1.96. The number of nitrogens with zero attached hydrogens (tertiary/aromatic N) is 1. The molecule has 1 aliphatic heterocycles. The van der Waals surface area contributed by atoms with Gasteiger partial charge in [-0.15, -0.1) is 0 Å². The SMILES string of the molecule is CC1(C)CCCN1CC(=O)Nc1cccc(CN)c1. The Morgan fingerprint density at radius 2 is 2.26 bits per heavy atom. The van der Waals surface area contributed by atoms with Crippen LogP contribution in [0.25, 0.3) is 0 Å². The molecule has 0 aromatic heterocycles. The lowest BCUT2D eigenvalue weighted by molar-refractivity contribution is -0.118. The van der Waals surface area contributed by atoms with Gasteiger partial charge >= 0.3 is 0 Å². The molecule has 0 bridgehead atoms. The number of carbonyl (C=O) groups is 1. The Hall–Kier alpha value is -1.39. The topological polar surface area (TPSA) is 58.4 Å². The van der Waals surface area contributed by atoms with Crippen LogP contribution in [0.2, 0.25) is 0 Å². The summed E-state index contributed by atoms with van der Waals surface area (Å²) in [4.78, 5) is 14.3. The van der Waals surface area contributed by atoms with E-state index >= 15 is 0 Å². The minimum absolute atomic E-state index is 0.0455. The van der Waals surface area contributed by atoms with Crippen LogP contribution in [0, 0.1) is 0 Å². The van der Waals surface area contributed by atoms with E-state index in [1.165, 1.54) is 6.42 Å². The maximum atomic E-state index is 12.1. The van der Waals surface area contributed by atoms with Gasteiger partial charge in [0.2, 0.25) is 5.91 Å². The van der Waals surface area contributed by atoms with E-state index in [9.17, 15) is 4.79 Å². The first kappa shape index (κ1) is 14.0. The zero-order chi connectivity index (χ0) is 13.9. The van der Waals surface area contributed by atoms with E-state index in [1.54, 1.807) is 0 Å². The number of rotatable bonds is 4. The van der Waals surface area contributed by atoms with Crippen LogP contribution in [-0.2, 0) is 11.3 Å². The molecule has 0 unspecified atom stereocenters. The highest BCUT2D eigenvalue weighted by atomic mass is 16.2. The molecule has 0 atom stereocenters. The van der Waals surface area contributed by atoms with Crippen molar-refractivity contribution in [1.29, 1.82) is 0 Å². The summed E-state index contributed by atoms with van der Waals surface area (Å²) in [5.41, 5.74) is 7.58. The van der Waals surface area contributed by atoms with E-state index in [0.717, 1.165) is 24.2 Å². The second-order valence-corrected chi connectivity index (χ2v) is 5.79. The number of nitrogens with one attached hydrogen (secondary N) is 1. The van der Waals surface area contributed by atoms with Crippen LogP contribution in [0.5, 0.6) is 0 Å². The molecule has 1 aromatic rings. The number of nitrogens with two attached hydrogens (primary N) is 1. The van der Waals surface area contributed by atoms with Crippen molar-refractivity contribution in [2.45, 2.75) is 38.8 Å². The molecule has 0 radical (unpaired) electrons. The van der Waals surface area contributed by atoms with E-state index in [0.29, 0.717) is 13.1 Å². The predicted molar refractivity (Wildman–Crippen MR) is 77.8 cm³/mol. The van der Waals surface area contributed by atoms with Crippen LogP contribution in [0.1, 0.15) is 32.3 Å². The second kappa shape index (κ2) is 5.72. The molecule has 1 heterocycles. The zero-order valence-electron chi connectivity index (χ0n) is 11.8. The third-order valence-electron chi connectivity index (χ3n) is 3.85. The van der Waals surface area contributed by atoms with E-state index in [1.807, 2.05) is 24.3 Å².